The monoisotopic (exact) mass is 497 g/mol. The Labute approximate surface area is 185 Å². The zero-order chi connectivity index (χ0) is 18.9. The number of benzene rings is 1. The molecule has 1 fully saturated rings. The summed E-state index contributed by atoms with van der Waals surface area (Å²) in [5.74, 6) is 1.69. The summed E-state index contributed by atoms with van der Waals surface area (Å²) in [7, 11) is 0. The van der Waals surface area contributed by atoms with E-state index in [1.165, 1.54) is 13.0 Å². The lowest BCUT2D eigenvalue weighted by molar-refractivity contribution is 0.206. The van der Waals surface area contributed by atoms with Gasteiger partial charge in [-0.05, 0) is 44.9 Å². The lowest BCUT2D eigenvalue weighted by Crippen LogP contribution is -2.48. The van der Waals surface area contributed by atoms with Crippen molar-refractivity contribution in [3.05, 3.63) is 42.5 Å². The fraction of sp³-hybridized carbons (Fsp3) is 0.550. The van der Waals surface area contributed by atoms with Gasteiger partial charge < -0.3 is 15.5 Å². The SMILES string of the molecule is CCCN1CCC(NC(=NCc2nncn2-c2ccccc2)NCC)CC1.I. The van der Waals surface area contributed by atoms with Crippen LogP contribution < -0.4 is 10.6 Å². The van der Waals surface area contributed by atoms with Gasteiger partial charge in [0.05, 0.1) is 0 Å². The topological polar surface area (TPSA) is 70.4 Å². The number of nitrogens with one attached hydrogen (secondary N) is 2. The lowest BCUT2D eigenvalue weighted by Gasteiger charge is -2.32. The third kappa shape index (κ3) is 6.44. The summed E-state index contributed by atoms with van der Waals surface area (Å²) < 4.78 is 1.98. The number of rotatable bonds is 7. The molecule has 0 radical (unpaired) electrons. The zero-order valence-electron chi connectivity index (χ0n) is 16.8. The maximum Gasteiger partial charge on any atom is 0.191 e. The number of halogens is 1. The van der Waals surface area contributed by atoms with Crippen molar-refractivity contribution in [2.45, 2.75) is 45.7 Å². The van der Waals surface area contributed by atoms with Crippen molar-refractivity contribution in [3.8, 4) is 5.69 Å². The molecule has 1 aliphatic heterocycles. The van der Waals surface area contributed by atoms with E-state index < -0.39 is 0 Å². The average molecular weight is 497 g/mol. The van der Waals surface area contributed by atoms with Crippen LogP contribution in [-0.2, 0) is 6.54 Å². The lowest BCUT2D eigenvalue weighted by atomic mass is 10.1. The molecular weight excluding hydrogens is 465 g/mol. The maximum atomic E-state index is 4.75. The highest BCUT2D eigenvalue weighted by atomic mass is 127. The first-order chi connectivity index (χ1) is 13.3. The molecular formula is C20H32IN7. The average Bonchev–Trinajstić information content (AvgIpc) is 3.17. The van der Waals surface area contributed by atoms with Crippen LogP contribution in [0.25, 0.3) is 5.69 Å². The Morgan fingerprint density at radius 1 is 1.18 bits per heavy atom. The van der Waals surface area contributed by atoms with E-state index >= 15 is 0 Å². The van der Waals surface area contributed by atoms with Gasteiger partial charge in [0, 0.05) is 31.4 Å². The predicted octanol–water partition coefficient (Wildman–Crippen LogP) is 2.81. The first-order valence-electron chi connectivity index (χ1n) is 10.0. The number of para-hydroxylation sites is 1. The third-order valence-electron chi connectivity index (χ3n) is 4.84. The van der Waals surface area contributed by atoms with E-state index in [1.807, 2.05) is 34.9 Å². The summed E-state index contributed by atoms with van der Waals surface area (Å²) in [5, 5.41) is 15.3. The second kappa shape index (κ2) is 12.0. The van der Waals surface area contributed by atoms with Gasteiger partial charge >= 0.3 is 0 Å². The molecule has 1 aromatic carbocycles. The van der Waals surface area contributed by atoms with Crippen molar-refractivity contribution in [2.24, 2.45) is 4.99 Å². The third-order valence-corrected chi connectivity index (χ3v) is 4.84. The molecule has 1 aliphatic rings. The summed E-state index contributed by atoms with van der Waals surface area (Å²) in [5.41, 5.74) is 1.05. The number of hydrogen-bond acceptors (Lipinski definition) is 4. The summed E-state index contributed by atoms with van der Waals surface area (Å²) in [6.07, 6.45) is 5.28. The van der Waals surface area contributed by atoms with Crippen LogP contribution in [0.2, 0.25) is 0 Å². The minimum Gasteiger partial charge on any atom is -0.357 e. The number of hydrogen-bond donors (Lipinski definition) is 2. The molecule has 0 bridgehead atoms. The Hall–Kier alpha value is -1.68. The molecule has 2 heterocycles. The van der Waals surface area contributed by atoms with E-state index in [9.17, 15) is 0 Å². The van der Waals surface area contributed by atoms with Gasteiger partial charge in [0.1, 0.15) is 12.9 Å². The molecule has 2 N–H and O–H groups in total. The second-order valence-electron chi connectivity index (χ2n) is 6.91. The highest BCUT2D eigenvalue weighted by molar-refractivity contribution is 14.0. The summed E-state index contributed by atoms with van der Waals surface area (Å²) in [4.78, 5) is 7.30. The van der Waals surface area contributed by atoms with E-state index in [1.54, 1.807) is 6.33 Å². The Morgan fingerprint density at radius 3 is 2.61 bits per heavy atom. The molecule has 1 saturated heterocycles. The van der Waals surface area contributed by atoms with Gasteiger partial charge in [-0.15, -0.1) is 34.2 Å². The molecule has 154 valence electrons. The van der Waals surface area contributed by atoms with E-state index in [2.05, 4.69) is 39.6 Å². The van der Waals surface area contributed by atoms with Crippen LogP contribution in [-0.4, -0.2) is 57.8 Å². The molecule has 7 nitrogen and oxygen atoms in total. The second-order valence-corrected chi connectivity index (χ2v) is 6.91. The van der Waals surface area contributed by atoms with Gasteiger partial charge in [-0.1, -0.05) is 25.1 Å². The number of likely N-dealkylation sites (tertiary alicyclic amines) is 1. The fourth-order valence-corrected chi connectivity index (χ4v) is 3.45. The predicted molar refractivity (Wildman–Crippen MR) is 124 cm³/mol. The Bertz CT molecular complexity index is 708. The van der Waals surface area contributed by atoms with Crippen molar-refractivity contribution in [2.75, 3.05) is 26.2 Å². The highest BCUT2D eigenvalue weighted by Gasteiger charge is 2.19. The van der Waals surface area contributed by atoms with Gasteiger partial charge in [0.25, 0.3) is 0 Å². The number of nitrogens with zero attached hydrogens (tertiary/aromatic N) is 5. The van der Waals surface area contributed by atoms with Gasteiger partial charge in [-0.3, -0.25) is 4.57 Å². The van der Waals surface area contributed by atoms with E-state index in [0.29, 0.717) is 12.6 Å². The minimum absolute atomic E-state index is 0. The van der Waals surface area contributed by atoms with Crippen molar-refractivity contribution < 1.29 is 0 Å². The first-order valence-corrected chi connectivity index (χ1v) is 10.0. The normalized spacial score (nSPS) is 15.9. The minimum atomic E-state index is 0. The molecule has 0 saturated carbocycles. The van der Waals surface area contributed by atoms with E-state index in [-0.39, 0.29) is 24.0 Å². The standard InChI is InChI=1S/C20H31N7.HI/c1-3-12-26-13-10-17(11-14-26)24-20(21-4-2)22-15-19-25-23-16-27(19)18-8-6-5-7-9-18;/h5-9,16-17H,3-4,10-15H2,1-2H3,(H2,21,22,24);1H. The van der Waals surface area contributed by atoms with Crippen molar-refractivity contribution in [1.29, 1.82) is 0 Å². The number of aliphatic imine (C=N–C) groups is 1. The highest BCUT2D eigenvalue weighted by Crippen LogP contribution is 2.11. The summed E-state index contributed by atoms with van der Waals surface area (Å²) in [6.45, 7) is 9.18. The van der Waals surface area contributed by atoms with Crippen LogP contribution in [0, 0.1) is 0 Å². The molecule has 0 unspecified atom stereocenters. The molecule has 0 atom stereocenters. The van der Waals surface area contributed by atoms with Gasteiger partial charge in [0.15, 0.2) is 11.8 Å². The Balaban J connectivity index is 0.00000280. The fourth-order valence-electron chi connectivity index (χ4n) is 3.45. The number of aromatic nitrogens is 3. The zero-order valence-corrected chi connectivity index (χ0v) is 19.2. The van der Waals surface area contributed by atoms with E-state index in [4.69, 9.17) is 4.99 Å². The molecule has 3 rings (SSSR count). The van der Waals surface area contributed by atoms with Crippen LogP contribution in [0.3, 0.4) is 0 Å². The van der Waals surface area contributed by atoms with Gasteiger partial charge in [-0.25, -0.2) is 4.99 Å². The van der Waals surface area contributed by atoms with E-state index in [0.717, 1.165) is 49.9 Å². The maximum absolute atomic E-state index is 4.75. The Morgan fingerprint density at radius 2 is 1.93 bits per heavy atom. The van der Waals surface area contributed by atoms with Crippen LogP contribution in [0.15, 0.2) is 41.7 Å². The van der Waals surface area contributed by atoms with Crippen LogP contribution in [0.4, 0.5) is 0 Å². The number of guanidine groups is 1. The van der Waals surface area contributed by atoms with Gasteiger partial charge in [0.2, 0.25) is 0 Å². The largest absolute Gasteiger partial charge is 0.357 e. The van der Waals surface area contributed by atoms with Crippen LogP contribution >= 0.6 is 24.0 Å². The van der Waals surface area contributed by atoms with Crippen molar-refractivity contribution in [3.63, 3.8) is 0 Å². The molecule has 28 heavy (non-hydrogen) atoms. The summed E-state index contributed by atoms with van der Waals surface area (Å²) in [6, 6.07) is 10.6. The summed E-state index contributed by atoms with van der Waals surface area (Å²) >= 11 is 0. The van der Waals surface area contributed by atoms with Crippen molar-refractivity contribution >= 4 is 29.9 Å². The van der Waals surface area contributed by atoms with Gasteiger partial charge in [-0.2, -0.15) is 0 Å². The number of piperidine rings is 1. The molecule has 0 amide bonds. The first kappa shape index (κ1) is 22.6. The molecule has 2 aromatic rings. The quantitative estimate of drug-likeness (QED) is 0.350. The molecule has 0 aliphatic carbocycles. The van der Waals surface area contributed by atoms with Crippen LogP contribution in [0.1, 0.15) is 38.9 Å². The molecule has 0 spiro atoms. The Kier molecular flexibility index (Phi) is 9.69. The molecule has 8 heteroatoms. The molecule has 1 aromatic heterocycles. The van der Waals surface area contributed by atoms with Crippen molar-refractivity contribution in [1.82, 2.24) is 30.3 Å². The smallest absolute Gasteiger partial charge is 0.191 e. The van der Waals surface area contributed by atoms with Crippen LogP contribution in [0.5, 0.6) is 0 Å².